The third-order valence-electron chi connectivity index (χ3n) is 2.45. The van der Waals surface area contributed by atoms with E-state index < -0.39 is 0 Å². The monoisotopic (exact) mass is 175 g/mol. The summed E-state index contributed by atoms with van der Waals surface area (Å²) in [6.07, 6.45) is 2.03. The molecule has 2 N–H and O–H groups in total. The number of hydrogen-bond acceptors (Lipinski definition) is 2. The molecule has 2 heterocycles. The number of rotatable bonds is 0. The number of anilines is 1. The first-order valence-electron chi connectivity index (χ1n) is 4.31. The van der Waals surface area contributed by atoms with Gasteiger partial charge in [-0.05, 0) is 38.0 Å². The number of nitrogen functional groups attached to an aromatic ring is 1. The van der Waals surface area contributed by atoms with E-state index in [4.69, 9.17) is 5.73 Å². The fraction of sp³-hybridized carbons (Fsp3) is 0.300. The first-order valence-corrected chi connectivity index (χ1v) is 4.31. The molecule has 0 aliphatic carbocycles. The third kappa shape index (κ3) is 1.08. The normalized spacial score (nSPS) is 11.0. The Bertz CT molecular complexity index is 468. The van der Waals surface area contributed by atoms with Gasteiger partial charge in [-0.15, -0.1) is 0 Å². The van der Waals surface area contributed by atoms with E-state index in [0.717, 1.165) is 17.2 Å². The zero-order valence-corrected chi connectivity index (χ0v) is 8.13. The van der Waals surface area contributed by atoms with Gasteiger partial charge in [0.25, 0.3) is 0 Å². The predicted octanol–water partition coefficient (Wildman–Crippen LogP) is 1.84. The Balaban J connectivity index is 2.89. The van der Waals surface area contributed by atoms with Gasteiger partial charge in [0.15, 0.2) is 0 Å². The van der Waals surface area contributed by atoms with E-state index in [1.165, 1.54) is 11.1 Å². The highest BCUT2D eigenvalue weighted by molar-refractivity contribution is 5.54. The van der Waals surface area contributed by atoms with Crippen LogP contribution in [0.4, 0.5) is 5.82 Å². The van der Waals surface area contributed by atoms with Crippen molar-refractivity contribution in [2.24, 2.45) is 0 Å². The lowest BCUT2D eigenvalue weighted by atomic mass is 10.2. The first-order chi connectivity index (χ1) is 6.09. The van der Waals surface area contributed by atoms with Crippen molar-refractivity contribution >= 4 is 11.5 Å². The van der Waals surface area contributed by atoms with E-state index in [2.05, 4.69) is 24.9 Å². The standard InChI is InChI=1S/C10H13N3/c1-6-4-9-12-8(3)10(11)13(9)5-7(6)2/h4-5H,11H2,1-3H3. The second-order valence-corrected chi connectivity index (χ2v) is 3.45. The smallest absolute Gasteiger partial charge is 0.138 e. The third-order valence-corrected chi connectivity index (χ3v) is 2.45. The Hall–Kier alpha value is -1.51. The number of aromatic nitrogens is 2. The molecule has 0 aliphatic heterocycles. The van der Waals surface area contributed by atoms with Crippen molar-refractivity contribution in [1.82, 2.24) is 9.38 Å². The van der Waals surface area contributed by atoms with Crippen LogP contribution >= 0.6 is 0 Å². The van der Waals surface area contributed by atoms with Crippen LogP contribution in [0, 0.1) is 20.8 Å². The molecule has 3 heteroatoms. The van der Waals surface area contributed by atoms with E-state index >= 15 is 0 Å². The number of nitrogens with two attached hydrogens (primary N) is 1. The van der Waals surface area contributed by atoms with Gasteiger partial charge in [-0.1, -0.05) is 0 Å². The van der Waals surface area contributed by atoms with Crippen LogP contribution in [0.15, 0.2) is 12.3 Å². The van der Waals surface area contributed by atoms with Gasteiger partial charge in [0.2, 0.25) is 0 Å². The maximum Gasteiger partial charge on any atom is 0.138 e. The lowest BCUT2D eigenvalue weighted by Gasteiger charge is -2.01. The average Bonchev–Trinajstić information content (AvgIpc) is 2.32. The molecule has 0 unspecified atom stereocenters. The second kappa shape index (κ2) is 2.49. The molecule has 2 aromatic heterocycles. The topological polar surface area (TPSA) is 43.3 Å². The van der Waals surface area contributed by atoms with Crippen LogP contribution in [0.1, 0.15) is 16.8 Å². The van der Waals surface area contributed by atoms with E-state index in [-0.39, 0.29) is 0 Å². The summed E-state index contributed by atoms with van der Waals surface area (Å²) in [5.41, 5.74) is 10.2. The Kier molecular flexibility index (Phi) is 1.55. The molecule has 2 aromatic rings. The number of aryl methyl sites for hydroxylation is 3. The minimum absolute atomic E-state index is 0.734. The molecule has 0 saturated heterocycles. The van der Waals surface area contributed by atoms with Crippen LogP contribution < -0.4 is 5.73 Å². The van der Waals surface area contributed by atoms with Crippen molar-refractivity contribution in [2.45, 2.75) is 20.8 Å². The summed E-state index contributed by atoms with van der Waals surface area (Å²) in [6.45, 7) is 6.08. The SMILES string of the molecule is Cc1cc2nc(C)c(N)n2cc1C. The molecule has 0 aliphatic rings. The van der Waals surface area contributed by atoms with E-state index in [1.54, 1.807) is 0 Å². The molecule has 2 rings (SSSR count). The fourth-order valence-corrected chi connectivity index (χ4v) is 1.42. The number of imidazole rings is 1. The van der Waals surface area contributed by atoms with Crippen LogP contribution in [-0.2, 0) is 0 Å². The molecule has 68 valence electrons. The Labute approximate surface area is 77.2 Å². The molecule has 13 heavy (non-hydrogen) atoms. The Morgan fingerprint density at radius 1 is 1.23 bits per heavy atom. The molecule has 0 radical (unpaired) electrons. The molecule has 0 saturated carbocycles. The summed E-state index contributed by atoms with van der Waals surface area (Å²) in [5.74, 6) is 0.734. The van der Waals surface area contributed by atoms with Crippen LogP contribution in [0.3, 0.4) is 0 Å². The zero-order chi connectivity index (χ0) is 9.59. The number of pyridine rings is 1. The van der Waals surface area contributed by atoms with Gasteiger partial charge in [0.05, 0.1) is 5.69 Å². The molecular formula is C10H13N3. The predicted molar refractivity (Wildman–Crippen MR) is 53.8 cm³/mol. The van der Waals surface area contributed by atoms with E-state index in [9.17, 15) is 0 Å². The molecule has 0 spiro atoms. The highest BCUT2D eigenvalue weighted by Gasteiger charge is 2.05. The molecular weight excluding hydrogens is 162 g/mol. The summed E-state index contributed by atoms with van der Waals surface area (Å²) in [7, 11) is 0. The van der Waals surface area contributed by atoms with Gasteiger partial charge >= 0.3 is 0 Å². The number of nitrogens with zero attached hydrogens (tertiary/aromatic N) is 2. The van der Waals surface area contributed by atoms with Gasteiger partial charge in [-0.25, -0.2) is 4.98 Å². The van der Waals surface area contributed by atoms with E-state index in [1.807, 2.05) is 17.5 Å². The van der Waals surface area contributed by atoms with Crippen LogP contribution in [-0.4, -0.2) is 9.38 Å². The van der Waals surface area contributed by atoms with Gasteiger partial charge < -0.3 is 5.73 Å². The van der Waals surface area contributed by atoms with Crippen molar-refractivity contribution in [3.05, 3.63) is 29.1 Å². The maximum absolute atomic E-state index is 5.86. The van der Waals surface area contributed by atoms with Crippen LogP contribution in [0.5, 0.6) is 0 Å². The first kappa shape index (κ1) is 8.10. The van der Waals surface area contributed by atoms with Gasteiger partial charge in [-0.2, -0.15) is 0 Å². The highest BCUT2D eigenvalue weighted by Crippen LogP contribution is 2.17. The fourth-order valence-electron chi connectivity index (χ4n) is 1.42. The van der Waals surface area contributed by atoms with E-state index in [0.29, 0.717) is 0 Å². The number of fused-ring (bicyclic) bond motifs is 1. The molecule has 0 amide bonds. The maximum atomic E-state index is 5.86. The zero-order valence-electron chi connectivity index (χ0n) is 8.13. The molecule has 0 fully saturated rings. The summed E-state index contributed by atoms with van der Waals surface area (Å²) in [4.78, 5) is 4.35. The molecule has 0 aromatic carbocycles. The number of hydrogen-bond donors (Lipinski definition) is 1. The van der Waals surface area contributed by atoms with Gasteiger partial charge in [0, 0.05) is 6.20 Å². The Morgan fingerprint density at radius 3 is 2.62 bits per heavy atom. The summed E-state index contributed by atoms with van der Waals surface area (Å²) in [6, 6.07) is 2.05. The van der Waals surface area contributed by atoms with Crippen molar-refractivity contribution in [3.8, 4) is 0 Å². The largest absolute Gasteiger partial charge is 0.383 e. The quantitative estimate of drug-likeness (QED) is 0.664. The molecule has 0 bridgehead atoms. The van der Waals surface area contributed by atoms with Crippen molar-refractivity contribution in [2.75, 3.05) is 5.73 Å². The average molecular weight is 175 g/mol. The minimum atomic E-state index is 0.734. The van der Waals surface area contributed by atoms with Crippen LogP contribution in [0.2, 0.25) is 0 Å². The highest BCUT2D eigenvalue weighted by atomic mass is 15.1. The molecule has 3 nitrogen and oxygen atoms in total. The van der Waals surface area contributed by atoms with Crippen molar-refractivity contribution in [3.63, 3.8) is 0 Å². The van der Waals surface area contributed by atoms with Crippen molar-refractivity contribution < 1.29 is 0 Å². The lowest BCUT2D eigenvalue weighted by molar-refractivity contribution is 1.14. The minimum Gasteiger partial charge on any atom is -0.383 e. The lowest BCUT2D eigenvalue weighted by Crippen LogP contribution is -1.95. The van der Waals surface area contributed by atoms with Gasteiger partial charge in [0.1, 0.15) is 11.5 Å². The second-order valence-electron chi connectivity index (χ2n) is 3.45. The summed E-state index contributed by atoms with van der Waals surface area (Å²) >= 11 is 0. The molecule has 0 atom stereocenters. The van der Waals surface area contributed by atoms with Crippen molar-refractivity contribution in [1.29, 1.82) is 0 Å². The van der Waals surface area contributed by atoms with Crippen LogP contribution in [0.25, 0.3) is 5.65 Å². The Morgan fingerprint density at radius 2 is 1.92 bits per heavy atom. The van der Waals surface area contributed by atoms with Gasteiger partial charge in [-0.3, -0.25) is 4.40 Å². The summed E-state index contributed by atoms with van der Waals surface area (Å²) < 4.78 is 1.93. The summed E-state index contributed by atoms with van der Waals surface area (Å²) in [5, 5.41) is 0.